The fourth-order valence-corrected chi connectivity index (χ4v) is 4.17. The zero-order valence-corrected chi connectivity index (χ0v) is 16.6. The van der Waals surface area contributed by atoms with Gasteiger partial charge in [0.1, 0.15) is 5.76 Å². The summed E-state index contributed by atoms with van der Waals surface area (Å²) in [5.41, 5.74) is -0.0247. The van der Waals surface area contributed by atoms with Crippen molar-refractivity contribution in [3.63, 3.8) is 0 Å². The van der Waals surface area contributed by atoms with E-state index in [0.717, 1.165) is 38.2 Å². The largest absolute Gasteiger partial charge is 0.467 e. The van der Waals surface area contributed by atoms with Gasteiger partial charge in [-0.1, -0.05) is 20.8 Å². The number of hydrogen-bond donors (Lipinski definition) is 0. The van der Waals surface area contributed by atoms with E-state index >= 15 is 0 Å². The summed E-state index contributed by atoms with van der Waals surface area (Å²) in [5.74, 6) is 2.96. The van der Waals surface area contributed by atoms with Gasteiger partial charge in [-0.15, -0.1) is 0 Å². The minimum atomic E-state index is -0.0247. The van der Waals surface area contributed by atoms with E-state index in [9.17, 15) is 4.79 Å². The minimum absolute atomic E-state index is 0.0247. The van der Waals surface area contributed by atoms with Gasteiger partial charge in [-0.05, 0) is 63.0 Å². The number of carbonyl (C=O) groups is 1. The molecule has 1 aromatic rings. The number of ether oxygens (including phenoxy) is 1. The minimum Gasteiger partial charge on any atom is -0.467 e. The molecule has 0 aliphatic carbocycles. The van der Waals surface area contributed by atoms with Crippen molar-refractivity contribution in [1.82, 2.24) is 4.90 Å². The summed E-state index contributed by atoms with van der Waals surface area (Å²) in [4.78, 5) is 14.3. The molecule has 2 rings (SSSR count). The SMILES string of the molecule is CCC(=O)N(CC[C@H](C(C)C)[C@H]1CCOC(C)(C)C1)Cc1ccco1. The Hall–Kier alpha value is -1.29. The Bertz CT molecular complexity index is 521. The third kappa shape index (κ3) is 5.88. The zero-order chi connectivity index (χ0) is 18.4. The van der Waals surface area contributed by atoms with Crippen molar-refractivity contribution in [2.24, 2.45) is 17.8 Å². The molecule has 1 aromatic heterocycles. The number of amides is 1. The molecule has 2 atom stereocenters. The summed E-state index contributed by atoms with van der Waals surface area (Å²) in [6, 6.07) is 3.82. The van der Waals surface area contributed by atoms with Crippen LogP contribution in [0.4, 0.5) is 0 Å². The number of nitrogens with zero attached hydrogens (tertiary/aromatic N) is 1. The van der Waals surface area contributed by atoms with E-state index in [-0.39, 0.29) is 11.5 Å². The molecule has 142 valence electrons. The Morgan fingerprint density at radius 1 is 1.40 bits per heavy atom. The van der Waals surface area contributed by atoms with Crippen molar-refractivity contribution in [2.75, 3.05) is 13.2 Å². The van der Waals surface area contributed by atoms with E-state index in [4.69, 9.17) is 9.15 Å². The van der Waals surface area contributed by atoms with Gasteiger partial charge in [0.05, 0.1) is 18.4 Å². The maximum atomic E-state index is 12.4. The first-order valence-electron chi connectivity index (χ1n) is 9.76. The summed E-state index contributed by atoms with van der Waals surface area (Å²) in [6.45, 7) is 13.2. The Morgan fingerprint density at radius 2 is 2.16 bits per heavy atom. The molecule has 0 unspecified atom stereocenters. The Kier molecular flexibility index (Phi) is 7.12. The van der Waals surface area contributed by atoms with Gasteiger partial charge in [-0.2, -0.15) is 0 Å². The molecule has 1 aliphatic rings. The lowest BCUT2D eigenvalue weighted by Crippen LogP contribution is -2.39. The Balaban J connectivity index is 2.00. The molecule has 1 saturated heterocycles. The molecule has 0 saturated carbocycles. The van der Waals surface area contributed by atoms with Crippen LogP contribution in [-0.4, -0.2) is 29.6 Å². The molecule has 1 fully saturated rings. The van der Waals surface area contributed by atoms with Crippen LogP contribution in [-0.2, 0) is 16.1 Å². The van der Waals surface area contributed by atoms with Crippen LogP contribution >= 0.6 is 0 Å². The lowest BCUT2D eigenvalue weighted by atomic mass is 9.73. The van der Waals surface area contributed by atoms with Gasteiger partial charge >= 0.3 is 0 Å². The molecule has 0 radical (unpaired) electrons. The highest BCUT2D eigenvalue weighted by Crippen LogP contribution is 2.38. The molecule has 2 heterocycles. The van der Waals surface area contributed by atoms with E-state index in [1.807, 2.05) is 24.0 Å². The van der Waals surface area contributed by atoms with Gasteiger partial charge in [0.15, 0.2) is 0 Å². The van der Waals surface area contributed by atoms with Crippen LogP contribution in [0.2, 0.25) is 0 Å². The molecule has 0 bridgehead atoms. The molecule has 0 spiro atoms. The molecular weight excluding hydrogens is 314 g/mol. The highest BCUT2D eigenvalue weighted by Gasteiger charge is 2.34. The van der Waals surface area contributed by atoms with Crippen molar-refractivity contribution in [1.29, 1.82) is 0 Å². The average Bonchev–Trinajstić information content (AvgIpc) is 3.05. The highest BCUT2D eigenvalue weighted by atomic mass is 16.5. The van der Waals surface area contributed by atoms with Crippen LogP contribution in [0, 0.1) is 17.8 Å². The van der Waals surface area contributed by atoms with E-state index in [0.29, 0.717) is 30.7 Å². The van der Waals surface area contributed by atoms with Crippen molar-refractivity contribution >= 4 is 5.91 Å². The lowest BCUT2D eigenvalue weighted by molar-refractivity contribution is -0.132. The highest BCUT2D eigenvalue weighted by molar-refractivity contribution is 5.75. The predicted octanol–water partition coefficient (Wildman–Crippen LogP) is 4.89. The van der Waals surface area contributed by atoms with Crippen LogP contribution in [0.1, 0.15) is 66.1 Å². The first kappa shape index (κ1) is 20.0. The summed E-state index contributed by atoms with van der Waals surface area (Å²) in [7, 11) is 0. The van der Waals surface area contributed by atoms with Crippen molar-refractivity contribution < 1.29 is 13.9 Å². The number of carbonyl (C=O) groups excluding carboxylic acids is 1. The van der Waals surface area contributed by atoms with Crippen molar-refractivity contribution in [3.05, 3.63) is 24.2 Å². The fourth-order valence-electron chi connectivity index (χ4n) is 4.17. The second-order valence-corrected chi connectivity index (χ2v) is 8.31. The zero-order valence-electron chi connectivity index (χ0n) is 16.6. The van der Waals surface area contributed by atoms with E-state index in [1.54, 1.807) is 6.26 Å². The number of furan rings is 1. The second-order valence-electron chi connectivity index (χ2n) is 8.31. The van der Waals surface area contributed by atoms with E-state index in [1.165, 1.54) is 0 Å². The van der Waals surface area contributed by atoms with Gasteiger partial charge < -0.3 is 14.1 Å². The quantitative estimate of drug-likeness (QED) is 0.671. The van der Waals surface area contributed by atoms with Gasteiger partial charge in [0.2, 0.25) is 5.91 Å². The Labute approximate surface area is 152 Å². The molecule has 4 heteroatoms. The number of rotatable bonds is 8. The van der Waals surface area contributed by atoms with Crippen LogP contribution in [0.25, 0.3) is 0 Å². The van der Waals surface area contributed by atoms with Crippen LogP contribution in [0.3, 0.4) is 0 Å². The summed E-state index contributed by atoms with van der Waals surface area (Å²) in [6.07, 6.45) is 5.50. The lowest BCUT2D eigenvalue weighted by Gasteiger charge is -2.41. The molecular formula is C21H35NO3. The maximum Gasteiger partial charge on any atom is 0.222 e. The monoisotopic (exact) mass is 349 g/mol. The second kappa shape index (κ2) is 8.88. The van der Waals surface area contributed by atoms with E-state index in [2.05, 4.69) is 27.7 Å². The summed E-state index contributed by atoms with van der Waals surface area (Å²) >= 11 is 0. The molecule has 25 heavy (non-hydrogen) atoms. The fraction of sp³-hybridized carbons (Fsp3) is 0.762. The summed E-state index contributed by atoms with van der Waals surface area (Å²) < 4.78 is 11.3. The molecule has 1 aliphatic heterocycles. The first-order valence-corrected chi connectivity index (χ1v) is 9.76. The van der Waals surface area contributed by atoms with Crippen LogP contribution < -0.4 is 0 Å². The molecule has 0 aromatic carbocycles. The van der Waals surface area contributed by atoms with Crippen LogP contribution in [0.15, 0.2) is 22.8 Å². The average molecular weight is 350 g/mol. The molecule has 0 N–H and O–H groups in total. The van der Waals surface area contributed by atoms with Gasteiger partial charge in [-0.3, -0.25) is 4.79 Å². The third-order valence-electron chi connectivity index (χ3n) is 5.51. The van der Waals surface area contributed by atoms with Crippen LogP contribution in [0.5, 0.6) is 0 Å². The standard InChI is InChI=1S/C21H35NO3/c1-6-20(23)22(15-18-8-7-12-24-18)11-9-19(16(2)3)17-10-13-25-21(4,5)14-17/h7-8,12,16-17,19H,6,9-11,13-15H2,1-5H3/t17-,19+/m0/s1. The third-order valence-corrected chi connectivity index (χ3v) is 5.51. The maximum absolute atomic E-state index is 12.4. The molecule has 4 nitrogen and oxygen atoms in total. The van der Waals surface area contributed by atoms with Gasteiger partial charge in [-0.25, -0.2) is 0 Å². The van der Waals surface area contributed by atoms with Crippen molar-refractivity contribution in [2.45, 2.75) is 72.4 Å². The molecule has 1 amide bonds. The first-order chi connectivity index (χ1) is 11.8. The number of hydrogen-bond acceptors (Lipinski definition) is 3. The topological polar surface area (TPSA) is 42.7 Å². The summed E-state index contributed by atoms with van der Waals surface area (Å²) in [5, 5.41) is 0. The van der Waals surface area contributed by atoms with Crippen molar-refractivity contribution in [3.8, 4) is 0 Å². The van der Waals surface area contributed by atoms with E-state index < -0.39 is 0 Å². The normalized spacial score (nSPS) is 21.3. The Morgan fingerprint density at radius 3 is 2.72 bits per heavy atom. The smallest absolute Gasteiger partial charge is 0.222 e. The predicted molar refractivity (Wildman–Crippen MR) is 100 cm³/mol. The van der Waals surface area contributed by atoms with Gasteiger partial charge in [0, 0.05) is 19.6 Å². The van der Waals surface area contributed by atoms with Gasteiger partial charge in [0.25, 0.3) is 0 Å².